The average molecular weight is 414 g/mol. The van der Waals surface area contributed by atoms with Crippen LogP contribution in [-0.4, -0.2) is 23.2 Å². The number of fused-ring (bicyclic) bond motifs is 1. The van der Waals surface area contributed by atoms with Crippen LogP contribution in [0.1, 0.15) is 79.2 Å². The number of thiazole rings is 1. The van der Waals surface area contributed by atoms with E-state index in [1.54, 1.807) is 23.5 Å². The van der Waals surface area contributed by atoms with Gasteiger partial charge in [-0.25, -0.2) is 4.98 Å². The molecule has 6 heteroatoms. The molecule has 0 aliphatic heterocycles. The minimum atomic E-state index is -0.122. The molecule has 1 aromatic carbocycles. The molecule has 2 N–H and O–H groups in total. The monoisotopic (exact) mass is 413 g/mol. The van der Waals surface area contributed by atoms with E-state index in [2.05, 4.69) is 10.6 Å². The van der Waals surface area contributed by atoms with E-state index < -0.39 is 0 Å². The molecule has 3 rings (SSSR count). The maximum Gasteiger partial charge on any atom is 0.245 e. The highest BCUT2D eigenvalue weighted by molar-refractivity contribution is 7.15. The standard InChI is InChI=1S/C23H31N3O2S/c1-17(27)18-11-10-12-19(15-18)24-16-22(28)26-23-25-20-13-8-6-4-2-3-5-7-9-14-21(20)29-23/h10-12,15,24H,2-9,13-14,16H2,1H3,(H,25,26,28). The molecule has 0 atom stereocenters. The number of ketones is 1. The Labute approximate surface area is 177 Å². The highest BCUT2D eigenvalue weighted by Crippen LogP contribution is 2.27. The van der Waals surface area contributed by atoms with Crippen molar-refractivity contribution in [3.8, 4) is 0 Å². The van der Waals surface area contributed by atoms with Crippen LogP contribution in [0, 0.1) is 0 Å². The first kappa shape index (κ1) is 21.5. The zero-order valence-electron chi connectivity index (χ0n) is 17.3. The molecular weight excluding hydrogens is 382 g/mol. The summed E-state index contributed by atoms with van der Waals surface area (Å²) in [6.45, 7) is 1.68. The number of amides is 1. The van der Waals surface area contributed by atoms with Gasteiger partial charge >= 0.3 is 0 Å². The molecule has 0 unspecified atom stereocenters. The Morgan fingerprint density at radius 3 is 2.41 bits per heavy atom. The zero-order chi connectivity index (χ0) is 20.5. The molecule has 29 heavy (non-hydrogen) atoms. The van der Waals surface area contributed by atoms with E-state index >= 15 is 0 Å². The van der Waals surface area contributed by atoms with Crippen LogP contribution in [0.25, 0.3) is 0 Å². The van der Waals surface area contributed by atoms with Gasteiger partial charge in [0.15, 0.2) is 10.9 Å². The van der Waals surface area contributed by atoms with Crippen LogP contribution in [0.3, 0.4) is 0 Å². The second kappa shape index (κ2) is 11.1. The maximum absolute atomic E-state index is 12.4. The normalized spacial score (nSPS) is 15.5. The van der Waals surface area contributed by atoms with Gasteiger partial charge in [-0.3, -0.25) is 9.59 Å². The van der Waals surface area contributed by atoms with Gasteiger partial charge in [-0.2, -0.15) is 0 Å². The number of aryl methyl sites for hydroxylation is 2. The Hall–Kier alpha value is -2.21. The molecule has 5 nitrogen and oxygen atoms in total. The molecule has 1 aliphatic carbocycles. The number of carbonyl (C=O) groups excluding carboxylic acids is 2. The first-order chi connectivity index (χ1) is 14.1. The summed E-state index contributed by atoms with van der Waals surface area (Å²) in [6.07, 6.45) is 12.4. The van der Waals surface area contributed by atoms with Gasteiger partial charge in [-0.05, 0) is 44.7 Å². The average Bonchev–Trinajstić information content (AvgIpc) is 3.07. The van der Waals surface area contributed by atoms with Crippen LogP contribution in [0.15, 0.2) is 24.3 Å². The van der Waals surface area contributed by atoms with E-state index in [1.807, 2.05) is 12.1 Å². The van der Waals surface area contributed by atoms with Gasteiger partial charge in [0.2, 0.25) is 5.91 Å². The number of hydrogen-bond acceptors (Lipinski definition) is 5. The third-order valence-electron chi connectivity index (χ3n) is 5.31. The van der Waals surface area contributed by atoms with Crippen LogP contribution in [0.4, 0.5) is 10.8 Å². The van der Waals surface area contributed by atoms with Crippen molar-refractivity contribution in [2.45, 2.75) is 71.1 Å². The van der Waals surface area contributed by atoms with Crippen molar-refractivity contribution >= 4 is 33.8 Å². The lowest BCUT2D eigenvalue weighted by Gasteiger charge is -2.07. The van der Waals surface area contributed by atoms with Crippen LogP contribution in [-0.2, 0) is 17.6 Å². The van der Waals surface area contributed by atoms with Crippen molar-refractivity contribution in [1.29, 1.82) is 0 Å². The van der Waals surface area contributed by atoms with Gasteiger partial charge in [0.25, 0.3) is 0 Å². The first-order valence-electron chi connectivity index (χ1n) is 10.7. The molecular formula is C23H31N3O2S. The van der Waals surface area contributed by atoms with Gasteiger partial charge in [0.05, 0.1) is 12.2 Å². The molecule has 1 heterocycles. The minimum absolute atomic E-state index is 0.0105. The second-order valence-corrected chi connectivity index (χ2v) is 8.84. The SMILES string of the molecule is CC(=O)c1cccc(NCC(=O)Nc2nc3c(s2)CCCCCCCCCC3)c1. The van der Waals surface area contributed by atoms with Gasteiger partial charge in [-0.15, -0.1) is 11.3 Å². The summed E-state index contributed by atoms with van der Waals surface area (Å²) >= 11 is 1.63. The molecule has 0 saturated carbocycles. The predicted octanol–water partition coefficient (Wildman–Crippen LogP) is 5.62. The minimum Gasteiger partial charge on any atom is -0.376 e. The van der Waals surface area contributed by atoms with E-state index in [0.29, 0.717) is 10.7 Å². The Bertz CT molecular complexity index is 802. The fraction of sp³-hybridized carbons (Fsp3) is 0.522. The largest absolute Gasteiger partial charge is 0.376 e. The lowest BCUT2D eigenvalue weighted by molar-refractivity contribution is -0.114. The number of aromatic nitrogens is 1. The molecule has 0 radical (unpaired) electrons. The predicted molar refractivity (Wildman–Crippen MR) is 120 cm³/mol. The fourth-order valence-electron chi connectivity index (χ4n) is 3.66. The lowest BCUT2D eigenvalue weighted by Crippen LogP contribution is -2.21. The summed E-state index contributed by atoms with van der Waals surface area (Å²) in [6, 6.07) is 7.20. The van der Waals surface area contributed by atoms with Gasteiger partial charge in [-0.1, -0.05) is 50.7 Å². The van der Waals surface area contributed by atoms with E-state index in [9.17, 15) is 9.59 Å². The van der Waals surface area contributed by atoms with Crippen LogP contribution in [0.5, 0.6) is 0 Å². The second-order valence-electron chi connectivity index (χ2n) is 7.76. The number of nitrogens with zero attached hydrogens (tertiary/aromatic N) is 1. The molecule has 0 saturated heterocycles. The third-order valence-corrected chi connectivity index (χ3v) is 6.39. The lowest BCUT2D eigenvalue weighted by atomic mass is 10.0. The van der Waals surface area contributed by atoms with Crippen LogP contribution in [0.2, 0.25) is 0 Å². The highest BCUT2D eigenvalue weighted by atomic mass is 32.1. The Morgan fingerprint density at radius 2 is 1.69 bits per heavy atom. The first-order valence-corrected chi connectivity index (χ1v) is 11.6. The topological polar surface area (TPSA) is 71.1 Å². The van der Waals surface area contributed by atoms with Crippen molar-refractivity contribution in [2.75, 3.05) is 17.2 Å². The van der Waals surface area contributed by atoms with Crippen molar-refractivity contribution in [2.24, 2.45) is 0 Å². The number of benzene rings is 1. The highest BCUT2D eigenvalue weighted by Gasteiger charge is 2.14. The summed E-state index contributed by atoms with van der Waals surface area (Å²) in [7, 11) is 0. The van der Waals surface area contributed by atoms with E-state index in [-0.39, 0.29) is 18.2 Å². The Kier molecular flexibility index (Phi) is 8.23. The molecule has 1 amide bonds. The Balaban J connectivity index is 1.56. The van der Waals surface area contributed by atoms with Crippen LogP contribution >= 0.6 is 11.3 Å². The van der Waals surface area contributed by atoms with Gasteiger partial charge in [0, 0.05) is 16.1 Å². The molecule has 156 valence electrons. The van der Waals surface area contributed by atoms with Crippen molar-refractivity contribution in [1.82, 2.24) is 4.98 Å². The van der Waals surface area contributed by atoms with Crippen molar-refractivity contribution in [3.05, 3.63) is 40.4 Å². The molecule has 0 bridgehead atoms. The molecule has 0 spiro atoms. The summed E-state index contributed by atoms with van der Waals surface area (Å²) < 4.78 is 0. The molecule has 0 fully saturated rings. The summed E-state index contributed by atoms with van der Waals surface area (Å²) in [5, 5.41) is 6.73. The number of anilines is 2. The maximum atomic E-state index is 12.4. The summed E-state index contributed by atoms with van der Waals surface area (Å²) in [5.41, 5.74) is 2.57. The summed E-state index contributed by atoms with van der Waals surface area (Å²) in [5.74, 6) is -0.112. The number of nitrogens with one attached hydrogen (secondary N) is 2. The number of carbonyl (C=O) groups is 2. The number of rotatable bonds is 5. The van der Waals surface area contributed by atoms with Crippen molar-refractivity contribution in [3.63, 3.8) is 0 Å². The third kappa shape index (κ3) is 6.96. The van der Waals surface area contributed by atoms with Crippen LogP contribution < -0.4 is 10.6 Å². The fourth-order valence-corrected chi connectivity index (χ4v) is 4.73. The molecule has 1 aromatic heterocycles. The van der Waals surface area contributed by atoms with E-state index in [4.69, 9.17) is 4.98 Å². The smallest absolute Gasteiger partial charge is 0.245 e. The molecule has 1 aliphatic rings. The summed E-state index contributed by atoms with van der Waals surface area (Å²) in [4.78, 5) is 29.9. The zero-order valence-corrected chi connectivity index (χ0v) is 18.1. The van der Waals surface area contributed by atoms with E-state index in [0.717, 1.165) is 18.5 Å². The molecule has 2 aromatic rings. The van der Waals surface area contributed by atoms with Gasteiger partial charge < -0.3 is 10.6 Å². The quantitative estimate of drug-likeness (QED) is 0.625. The number of Topliss-reactive ketones (excluding diaryl/α,β-unsaturated/α-hetero) is 1. The number of hydrogen-bond donors (Lipinski definition) is 2. The van der Waals surface area contributed by atoms with E-state index in [1.165, 1.54) is 68.9 Å². The van der Waals surface area contributed by atoms with Crippen molar-refractivity contribution < 1.29 is 9.59 Å². The Morgan fingerprint density at radius 1 is 1.00 bits per heavy atom. The van der Waals surface area contributed by atoms with Gasteiger partial charge in [0.1, 0.15) is 0 Å².